The molecule has 0 spiro atoms. The maximum absolute atomic E-state index is 6.01. The van der Waals surface area contributed by atoms with Gasteiger partial charge in [-0.25, -0.2) is 0 Å². The fourth-order valence-electron chi connectivity index (χ4n) is 3.20. The molecule has 0 radical (unpaired) electrons. The van der Waals surface area contributed by atoms with Crippen LogP contribution in [0.2, 0.25) is 5.02 Å². The second-order valence-corrected chi connectivity index (χ2v) is 6.90. The van der Waals surface area contributed by atoms with Gasteiger partial charge in [-0.15, -0.1) is 0 Å². The van der Waals surface area contributed by atoms with Crippen LogP contribution in [0.1, 0.15) is 58.1 Å². The van der Waals surface area contributed by atoms with E-state index in [0.29, 0.717) is 18.1 Å². The van der Waals surface area contributed by atoms with Crippen molar-refractivity contribution in [1.29, 1.82) is 0 Å². The lowest BCUT2D eigenvalue weighted by Gasteiger charge is -2.36. The van der Waals surface area contributed by atoms with E-state index in [-0.39, 0.29) is 0 Å². The van der Waals surface area contributed by atoms with E-state index < -0.39 is 0 Å². The molecule has 0 saturated carbocycles. The van der Waals surface area contributed by atoms with Crippen molar-refractivity contribution in [2.45, 2.75) is 64.6 Å². The minimum absolute atomic E-state index is 0.461. The van der Waals surface area contributed by atoms with Crippen LogP contribution in [0.3, 0.4) is 0 Å². The fraction of sp³-hybridized carbons (Fsp3) is 0.667. The van der Waals surface area contributed by atoms with Crippen LogP contribution >= 0.6 is 11.6 Å². The molecule has 2 nitrogen and oxygen atoms in total. The van der Waals surface area contributed by atoms with Crippen LogP contribution in [0.5, 0.6) is 0 Å². The summed E-state index contributed by atoms with van der Waals surface area (Å²) in [6.07, 6.45) is 4.90. The lowest BCUT2D eigenvalue weighted by molar-refractivity contribution is 0.155. The Morgan fingerprint density at radius 1 is 1.19 bits per heavy atom. The highest BCUT2D eigenvalue weighted by atomic mass is 35.5. The minimum Gasteiger partial charge on any atom is -0.307 e. The van der Waals surface area contributed by atoms with Crippen molar-refractivity contribution < 1.29 is 0 Å². The molecule has 1 aliphatic rings. The third-order valence-electron chi connectivity index (χ3n) is 4.55. The van der Waals surface area contributed by atoms with Crippen LogP contribution in [0, 0.1) is 0 Å². The second kappa shape index (κ2) is 8.17. The molecule has 1 fully saturated rings. The largest absolute Gasteiger partial charge is 0.307 e. The molecule has 0 amide bonds. The van der Waals surface area contributed by atoms with E-state index in [0.717, 1.165) is 5.02 Å². The van der Waals surface area contributed by atoms with E-state index in [4.69, 9.17) is 11.6 Å². The summed E-state index contributed by atoms with van der Waals surface area (Å²) < 4.78 is 0. The molecule has 0 bridgehead atoms. The molecule has 2 rings (SSSR count). The molecule has 118 valence electrons. The molecule has 3 heteroatoms. The van der Waals surface area contributed by atoms with E-state index in [1.165, 1.54) is 44.3 Å². The van der Waals surface area contributed by atoms with Crippen LogP contribution < -0.4 is 5.32 Å². The van der Waals surface area contributed by atoms with Crippen molar-refractivity contribution in [3.63, 3.8) is 0 Å². The van der Waals surface area contributed by atoms with Gasteiger partial charge in [0.25, 0.3) is 0 Å². The third kappa shape index (κ3) is 4.98. The van der Waals surface area contributed by atoms with Gasteiger partial charge < -0.3 is 10.2 Å². The van der Waals surface area contributed by atoms with Gasteiger partial charge in [0, 0.05) is 23.1 Å². The van der Waals surface area contributed by atoms with Gasteiger partial charge in [-0.05, 0) is 63.9 Å². The molecular formula is C18H29ClN2. The lowest BCUT2D eigenvalue weighted by atomic mass is 9.97. The maximum atomic E-state index is 6.01. The molecule has 1 unspecified atom stereocenters. The smallest absolute Gasteiger partial charge is 0.0406 e. The first-order valence-corrected chi connectivity index (χ1v) is 8.73. The van der Waals surface area contributed by atoms with Crippen molar-refractivity contribution in [2.75, 3.05) is 13.1 Å². The Hall–Kier alpha value is -0.570. The van der Waals surface area contributed by atoms with Gasteiger partial charge in [0.2, 0.25) is 0 Å². The maximum Gasteiger partial charge on any atom is 0.0406 e. The summed E-state index contributed by atoms with van der Waals surface area (Å²) in [6, 6.07) is 10.1. The first-order chi connectivity index (χ1) is 10.1. The highest BCUT2D eigenvalue weighted by molar-refractivity contribution is 6.30. The zero-order valence-corrected chi connectivity index (χ0v) is 14.4. The normalized spacial score (nSPS) is 19.1. The zero-order valence-electron chi connectivity index (χ0n) is 13.6. The van der Waals surface area contributed by atoms with E-state index in [1.807, 2.05) is 12.1 Å². The summed E-state index contributed by atoms with van der Waals surface area (Å²) in [5.74, 6) is 0. The fourth-order valence-corrected chi connectivity index (χ4v) is 3.32. The first-order valence-electron chi connectivity index (χ1n) is 8.35. The average molecular weight is 309 g/mol. The van der Waals surface area contributed by atoms with Crippen molar-refractivity contribution in [3.05, 3.63) is 34.9 Å². The van der Waals surface area contributed by atoms with Gasteiger partial charge in [-0.1, -0.05) is 37.1 Å². The highest BCUT2D eigenvalue weighted by Crippen LogP contribution is 2.23. The monoisotopic (exact) mass is 308 g/mol. The number of nitrogens with one attached hydrogen (secondary N) is 1. The summed E-state index contributed by atoms with van der Waals surface area (Å²) in [4.78, 5) is 2.58. The molecule has 1 heterocycles. The Morgan fingerprint density at radius 2 is 1.81 bits per heavy atom. The molecule has 21 heavy (non-hydrogen) atoms. The van der Waals surface area contributed by atoms with Crippen LogP contribution in [0.15, 0.2) is 24.3 Å². The summed E-state index contributed by atoms with van der Waals surface area (Å²) in [7, 11) is 0. The average Bonchev–Trinajstić information content (AvgIpc) is 2.48. The predicted molar refractivity (Wildman–Crippen MR) is 92.0 cm³/mol. The Bertz CT molecular complexity index is 408. The molecular weight excluding hydrogens is 280 g/mol. The van der Waals surface area contributed by atoms with Gasteiger partial charge in [0.05, 0.1) is 0 Å². The molecule has 1 saturated heterocycles. The van der Waals surface area contributed by atoms with Gasteiger partial charge >= 0.3 is 0 Å². The molecule has 0 aliphatic carbocycles. The minimum atomic E-state index is 0.461. The van der Waals surface area contributed by atoms with Crippen molar-refractivity contribution in [2.24, 2.45) is 0 Å². The standard InChI is InChI=1S/C18H29ClN2/c1-4-5-18(15-6-8-16(19)9-7-15)20-17-10-12-21(13-11-17)14(2)3/h6-9,14,17-18,20H,4-5,10-13H2,1-3H3. The Morgan fingerprint density at radius 3 is 2.33 bits per heavy atom. The number of halogens is 1. The Labute approximate surface area is 134 Å². The van der Waals surface area contributed by atoms with Crippen LogP contribution in [0.4, 0.5) is 0 Å². The van der Waals surface area contributed by atoms with Gasteiger partial charge in [0.15, 0.2) is 0 Å². The first kappa shape index (κ1) is 16.8. The molecule has 1 aromatic rings. The summed E-state index contributed by atoms with van der Waals surface area (Å²) in [5.41, 5.74) is 1.37. The van der Waals surface area contributed by atoms with Crippen LogP contribution in [-0.4, -0.2) is 30.1 Å². The number of hydrogen-bond acceptors (Lipinski definition) is 2. The quantitative estimate of drug-likeness (QED) is 0.823. The summed E-state index contributed by atoms with van der Waals surface area (Å²) >= 11 is 6.01. The number of likely N-dealkylation sites (tertiary alicyclic amines) is 1. The lowest BCUT2D eigenvalue weighted by Crippen LogP contribution is -2.45. The van der Waals surface area contributed by atoms with E-state index in [9.17, 15) is 0 Å². The van der Waals surface area contributed by atoms with E-state index in [2.05, 4.69) is 43.1 Å². The summed E-state index contributed by atoms with van der Waals surface area (Å²) in [6.45, 7) is 9.28. The van der Waals surface area contributed by atoms with E-state index >= 15 is 0 Å². The van der Waals surface area contributed by atoms with Gasteiger partial charge in [0.1, 0.15) is 0 Å². The molecule has 0 aromatic heterocycles. The zero-order chi connectivity index (χ0) is 15.2. The predicted octanol–water partition coefficient (Wildman–Crippen LogP) is 4.64. The number of nitrogens with zero attached hydrogens (tertiary/aromatic N) is 1. The SMILES string of the molecule is CCCC(NC1CCN(C(C)C)CC1)c1ccc(Cl)cc1. The van der Waals surface area contributed by atoms with Crippen molar-refractivity contribution in [1.82, 2.24) is 10.2 Å². The van der Waals surface area contributed by atoms with E-state index in [1.54, 1.807) is 0 Å². The number of benzene rings is 1. The highest BCUT2D eigenvalue weighted by Gasteiger charge is 2.23. The number of hydrogen-bond donors (Lipinski definition) is 1. The number of piperidine rings is 1. The van der Waals surface area contributed by atoms with Crippen molar-refractivity contribution in [3.8, 4) is 0 Å². The van der Waals surface area contributed by atoms with Crippen molar-refractivity contribution >= 4 is 11.6 Å². The Kier molecular flexibility index (Phi) is 6.53. The molecule has 1 N–H and O–H groups in total. The summed E-state index contributed by atoms with van der Waals surface area (Å²) in [5, 5.41) is 4.70. The van der Waals surface area contributed by atoms with Gasteiger partial charge in [-0.3, -0.25) is 0 Å². The second-order valence-electron chi connectivity index (χ2n) is 6.46. The molecule has 1 atom stereocenters. The van der Waals surface area contributed by atoms with Crippen LogP contribution in [0.25, 0.3) is 0 Å². The Balaban J connectivity index is 1.93. The number of rotatable bonds is 6. The van der Waals surface area contributed by atoms with Gasteiger partial charge in [-0.2, -0.15) is 0 Å². The third-order valence-corrected chi connectivity index (χ3v) is 4.80. The molecule has 1 aliphatic heterocycles. The molecule has 1 aromatic carbocycles. The topological polar surface area (TPSA) is 15.3 Å². The van der Waals surface area contributed by atoms with Crippen LogP contribution in [-0.2, 0) is 0 Å².